The second-order valence-corrected chi connectivity index (χ2v) is 3.40. The molecule has 0 saturated carbocycles. The van der Waals surface area contributed by atoms with Gasteiger partial charge in [0, 0.05) is 6.07 Å². The lowest BCUT2D eigenvalue weighted by Crippen LogP contribution is -2.03. The first-order valence-corrected chi connectivity index (χ1v) is 4.70. The number of ketones is 1. The molecule has 0 atom stereocenters. The lowest BCUT2D eigenvalue weighted by molar-refractivity contribution is 0.103. The van der Waals surface area contributed by atoms with Crippen LogP contribution in [0.25, 0.3) is 0 Å². The minimum absolute atomic E-state index is 0.0483. The standard InChI is InChI=1S/C11H5ClF2O2/c12-11-8(3-4-16-11)10(15)7-2-1-6(13)5-9(7)14/h1-5H. The first kappa shape index (κ1) is 10.8. The Bertz CT molecular complexity index is 549. The van der Waals surface area contributed by atoms with Crippen LogP contribution in [0.15, 0.2) is 34.9 Å². The highest BCUT2D eigenvalue weighted by Crippen LogP contribution is 2.22. The molecular formula is C11H5ClF2O2. The Labute approximate surface area is 94.4 Å². The number of carbonyl (C=O) groups is 1. The number of hydrogen-bond acceptors (Lipinski definition) is 2. The highest BCUT2D eigenvalue weighted by molar-refractivity contribution is 6.33. The summed E-state index contributed by atoms with van der Waals surface area (Å²) < 4.78 is 30.6. The summed E-state index contributed by atoms with van der Waals surface area (Å²) in [5, 5.41) is -0.117. The molecule has 2 nitrogen and oxygen atoms in total. The van der Waals surface area contributed by atoms with Gasteiger partial charge in [0.05, 0.1) is 17.4 Å². The smallest absolute Gasteiger partial charge is 0.204 e. The van der Waals surface area contributed by atoms with Gasteiger partial charge in [0.1, 0.15) is 11.6 Å². The van der Waals surface area contributed by atoms with E-state index < -0.39 is 17.4 Å². The fourth-order valence-electron chi connectivity index (χ4n) is 1.27. The first-order chi connectivity index (χ1) is 7.59. The Kier molecular flexibility index (Phi) is 2.75. The minimum atomic E-state index is -0.928. The molecule has 0 N–H and O–H groups in total. The molecule has 0 bridgehead atoms. The third-order valence-electron chi connectivity index (χ3n) is 2.04. The summed E-state index contributed by atoms with van der Waals surface area (Å²) in [5.41, 5.74) is -0.197. The summed E-state index contributed by atoms with van der Waals surface area (Å²) >= 11 is 5.58. The van der Waals surface area contributed by atoms with Crippen molar-refractivity contribution < 1.29 is 18.0 Å². The van der Waals surface area contributed by atoms with E-state index in [0.717, 1.165) is 12.1 Å². The second kappa shape index (κ2) is 4.06. The summed E-state index contributed by atoms with van der Waals surface area (Å²) in [6, 6.07) is 4.04. The number of furan rings is 1. The Hall–Kier alpha value is -1.68. The van der Waals surface area contributed by atoms with Gasteiger partial charge in [-0.05, 0) is 29.8 Å². The summed E-state index contributed by atoms with van der Waals surface area (Å²) in [5.74, 6) is -2.31. The average molecular weight is 243 g/mol. The van der Waals surface area contributed by atoms with Gasteiger partial charge in [-0.25, -0.2) is 8.78 Å². The van der Waals surface area contributed by atoms with Crippen molar-refractivity contribution in [3.05, 3.63) is 58.5 Å². The quantitative estimate of drug-likeness (QED) is 0.755. The van der Waals surface area contributed by atoms with E-state index in [2.05, 4.69) is 0 Å². The van der Waals surface area contributed by atoms with Crippen LogP contribution in [0.2, 0.25) is 5.22 Å². The zero-order valence-corrected chi connectivity index (χ0v) is 8.59. The maximum absolute atomic E-state index is 13.3. The van der Waals surface area contributed by atoms with Crippen molar-refractivity contribution in [2.45, 2.75) is 0 Å². The Morgan fingerprint density at radius 3 is 2.50 bits per heavy atom. The Balaban J connectivity index is 2.46. The lowest BCUT2D eigenvalue weighted by Gasteiger charge is -2.00. The zero-order chi connectivity index (χ0) is 11.7. The van der Waals surface area contributed by atoms with Gasteiger partial charge in [-0.15, -0.1) is 0 Å². The summed E-state index contributed by atoms with van der Waals surface area (Å²) in [4.78, 5) is 11.8. The number of halogens is 3. The van der Waals surface area contributed by atoms with E-state index in [0.29, 0.717) is 6.07 Å². The topological polar surface area (TPSA) is 30.2 Å². The largest absolute Gasteiger partial charge is 0.452 e. The summed E-state index contributed by atoms with van der Waals surface area (Å²) in [6.07, 6.45) is 1.22. The van der Waals surface area contributed by atoms with E-state index in [1.165, 1.54) is 12.3 Å². The predicted molar refractivity (Wildman–Crippen MR) is 53.5 cm³/mol. The molecular weight excluding hydrogens is 238 g/mol. The fourth-order valence-corrected chi connectivity index (χ4v) is 1.47. The van der Waals surface area contributed by atoms with Crippen LogP contribution in [0.3, 0.4) is 0 Å². The van der Waals surface area contributed by atoms with E-state index in [1.54, 1.807) is 0 Å². The Morgan fingerprint density at radius 2 is 1.94 bits per heavy atom. The van der Waals surface area contributed by atoms with Gasteiger partial charge in [-0.3, -0.25) is 4.79 Å². The minimum Gasteiger partial charge on any atom is -0.452 e. The Morgan fingerprint density at radius 1 is 1.19 bits per heavy atom. The van der Waals surface area contributed by atoms with Gasteiger partial charge < -0.3 is 4.42 Å². The first-order valence-electron chi connectivity index (χ1n) is 4.32. The van der Waals surface area contributed by atoms with E-state index in [9.17, 15) is 13.6 Å². The highest BCUT2D eigenvalue weighted by Gasteiger charge is 2.18. The monoisotopic (exact) mass is 242 g/mol. The van der Waals surface area contributed by atoms with Crippen molar-refractivity contribution >= 4 is 17.4 Å². The molecule has 0 unspecified atom stereocenters. The number of benzene rings is 1. The molecule has 5 heteroatoms. The molecule has 0 spiro atoms. The van der Waals surface area contributed by atoms with Crippen molar-refractivity contribution in [3.63, 3.8) is 0 Å². The zero-order valence-electron chi connectivity index (χ0n) is 7.84. The third kappa shape index (κ3) is 1.84. The molecule has 82 valence electrons. The molecule has 0 saturated heterocycles. The van der Waals surface area contributed by atoms with Crippen LogP contribution >= 0.6 is 11.6 Å². The fraction of sp³-hybridized carbons (Fsp3) is 0. The van der Waals surface area contributed by atoms with Crippen LogP contribution in [0.5, 0.6) is 0 Å². The maximum Gasteiger partial charge on any atom is 0.204 e. The van der Waals surface area contributed by atoms with Gasteiger partial charge in [-0.2, -0.15) is 0 Å². The van der Waals surface area contributed by atoms with E-state index in [-0.39, 0.29) is 16.3 Å². The van der Waals surface area contributed by atoms with E-state index in [1.807, 2.05) is 0 Å². The molecule has 0 fully saturated rings. The summed E-state index contributed by atoms with van der Waals surface area (Å²) in [6.45, 7) is 0. The van der Waals surface area contributed by atoms with Crippen LogP contribution in [0, 0.1) is 11.6 Å². The second-order valence-electron chi connectivity index (χ2n) is 3.06. The van der Waals surface area contributed by atoms with Crippen LogP contribution in [0.4, 0.5) is 8.78 Å². The van der Waals surface area contributed by atoms with Gasteiger partial charge in [0.25, 0.3) is 0 Å². The predicted octanol–water partition coefficient (Wildman–Crippen LogP) is 3.44. The molecule has 0 amide bonds. The van der Waals surface area contributed by atoms with E-state index in [4.69, 9.17) is 16.0 Å². The van der Waals surface area contributed by atoms with Gasteiger partial charge in [-0.1, -0.05) is 0 Å². The van der Waals surface area contributed by atoms with Gasteiger partial charge in [0.15, 0.2) is 0 Å². The van der Waals surface area contributed by atoms with Crippen molar-refractivity contribution in [3.8, 4) is 0 Å². The van der Waals surface area contributed by atoms with Crippen LogP contribution in [-0.4, -0.2) is 5.78 Å². The normalized spacial score (nSPS) is 10.4. The van der Waals surface area contributed by atoms with Gasteiger partial charge in [0.2, 0.25) is 11.0 Å². The molecule has 1 heterocycles. The molecule has 0 radical (unpaired) electrons. The van der Waals surface area contributed by atoms with Crippen molar-refractivity contribution in [2.75, 3.05) is 0 Å². The molecule has 1 aromatic heterocycles. The van der Waals surface area contributed by atoms with Gasteiger partial charge >= 0.3 is 0 Å². The highest BCUT2D eigenvalue weighted by atomic mass is 35.5. The molecule has 0 aliphatic heterocycles. The molecule has 2 rings (SSSR count). The molecule has 2 aromatic rings. The van der Waals surface area contributed by atoms with Crippen LogP contribution in [-0.2, 0) is 0 Å². The average Bonchev–Trinajstić information content (AvgIpc) is 2.63. The maximum atomic E-state index is 13.3. The SMILES string of the molecule is O=C(c1ccc(F)cc1F)c1ccoc1Cl. The lowest BCUT2D eigenvalue weighted by atomic mass is 10.1. The summed E-state index contributed by atoms with van der Waals surface area (Å²) in [7, 11) is 0. The number of carbonyl (C=O) groups excluding carboxylic acids is 1. The van der Waals surface area contributed by atoms with Crippen molar-refractivity contribution in [2.24, 2.45) is 0 Å². The molecule has 1 aromatic carbocycles. The van der Waals surface area contributed by atoms with Crippen molar-refractivity contribution in [1.29, 1.82) is 0 Å². The number of hydrogen-bond donors (Lipinski definition) is 0. The third-order valence-corrected chi connectivity index (χ3v) is 2.33. The van der Waals surface area contributed by atoms with Crippen molar-refractivity contribution in [1.82, 2.24) is 0 Å². The van der Waals surface area contributed by atoms with Crippen LogP contribution in [0.1, 0.15) is 15.9 Å². The molecule has 0 aliphatic rings. The molecule has 0 aliphatic carbocycles. The number of rotatable bonds is 2. The van der Waals surface area contributed by atoms with Crippen LogP contribution < -0.4 is 0 Å². The van der Waals surface area contributed by atoms with E-state index >= 15 is 0 Å². The molecule has 16 heavy (non-hydrogen) atoms.